The van der Waals surface area contributed by atoms with Crippen LogP contribution in [-0.4, -0.2) is 13.7 Å². The predicted octanol–water partition coefficient (Wildman–Crippen LogP) is 3.55. The first kappa shape index (κ1) is 19.3. The first-order valence-electron chi connectivity index (χ1n) is 4.67. The molecule has 0 fully saturated rings. The summed E-state index contributed by atoms with van der Waals surface area (Å²) in [6.45, 7) is 10.5. The Hall–Kier alpha value is -0.262. The zero-order valence-corrected chi connectivity index (χ0v) is 12.6. The van der Waals surface area contributed by atoms with Gasteiger partial charge in [0.1, 0.15) is 0 Å². The van der Waals surface area contributed by atoms with E-state index in [0.29, 0.717) is 0 Å². The van der Waals surface area contributed by atoms with Crippen LogP contribution in [0.4, 0.5) is 0 Å². The molecule has 0 atom stereocenters. The quantitative estimate of drug-likeness (QED) is 0.692. The molecule has 0 aliphatic rings. The van der Waals surface area contributed by atoms with E-state index < -0.39 is 0 Å². The minimum atomic E-state index is 0. The Labute approximate surface area is 103 Å². The van der Waals surface area contributed by atoms with Crippen LogP contribution in [-0.2, 0) is 25.8 Å². The molecule has 0 saturated carbocycles. The molecule has 1 nitrogen and oxygen atoms in total. The predicted molar refractivity (Wildman–Crippen MR) is 59.8 cm³/mol. The summed E-state index contributed by atoms with van der Waals surface area (Å²) < 4.78 is 4.54. The van der Waals surface area contributed by atoms with Gasteiger partial charge in [0, 0.05) is 34.8 Å². The van der Waals surface area contributed by atoms with Gasteiger partial charge in [0.2, 0.25) is 0 Å². The maximum atomic E-state index is 4.54. The van der Waals surface area contributed by atoms with Crippen molar-refractivity contribution in [3.63, 3.8) is 0 Å². The molecule has 2 heteroatoms. The van der Waals surface area contributed by atoms with Crippen LogP contribution < -0.4 is 0 Å². The monoisotopic (exact) mass is 365 g/mol. The topological polar surface area (TPSA) is 9.23 Å². The summed E-state index contributed by atoms with van der Waals surface area (Å²) >= 11 is 0. The van der Waals surface area contributed by atoms with E-state index in [9.17, 15) is 0 Å². The van der Waals surface area contributed by atoms with Crippen LogP contribution in [0.5, 0.6) is 0 Å². The molecule has 0 saturated heterocycles. The van der Waals surface area contributed by atoms with E-state index in [0.717, 1.165) is 12.2 Å². The molecule has 14 heavy (non-hydrogen) atoms. The molecule has 0 aliphatic carbocycles. The number of ether oxygens (including phenoxy) is 1. The van der Waals surface area contributed by atoms with Crippen LogP contribution in [0.3, 0.4) is 0 Å². The molecule has 0 spiro atoms. The molecule has 0 heterocycles. The summed E-state index contributed by atoms with van der Waals surface area (Å²) in [6.07, 6.45) is 0. The minimum Gasteiger partial charge on any atom is -0.385 e. The van der Waals surface area contributed by atoms with E-state index in [-0.39, 0.29) is 21.1 Å². The zero-order valence-electron chi connectivity index (χ0n) is 9.62. The fourth-order valence-electron chi connectivity index (χ4n) is 0.478. The van der Waals surface area contributed by atoms with Crippen LogP contribution in [0.2, 0.25) is 0 Å². The summed E-state index contributed by atoms with van der Waals surface area (Å²) in [5.74, 6) is 0. The molecule has 1 aromatic carbocycles. The Morgan fingerprint density at radius 2 is 1.50 bits per heavy atom. The van der Waals surface area contributed by atoms with Gasteiger partial charge in [0.05, 0.1) is 0 Å². The van der Waals surface area contributed by atoms with Gasteiger partial charge < -0.3 is 4.74 Å². The molecule has 0 aromatic heterocycles. The molecule has 0 aliphatic heterocycles. The SMILES string of the molecule is CC.CCOC.[CH2-]c1ccccc1.[W]. The molecule has 0 N–H and O–H groups in total. The third kappa shape index (κ3) is 17.7. The molecule has 0 unspecified atom stereocenters. The largest absolute Gasteiger partial charge is 0.385 e. The van der Waals surface area contributed by atoms with E-state index >= 15 is 0 Å². The Kier molecular flexibility index (Phi) is 25.6. The number of hydrogen-bond acceptors (Lipinski definition) is 1. The number of benzene rings is 1. The summed E-state index contributed by atoms with van der Waals surface area (Å²) in [5.41, 5.74) is 1.07. The van der Waals surface area contributed by atoms with Crippen molar-refractivity contribution < 1.29 is 25.8 Å². The van der Waals surface area contributed by atoms with Crippen molar-refractivity contribution in [1.29, 1.82) is 0 Å². The summed E-state index contributed by atoms with van der Waals surface area (Å²) in [5, 5.41) is 0. The van der Waals surface area contributed by atoms with Gasteiger partial charge in [-0.1, -0.05) is 19.9 Å². The number of methoxy groups -OCH3 is 1. The molecule has 82 valence electrons. The van der Waals surface area contributed by atoms with Gasteiger partial charge in [-0.3, -0.25) is 0 Å². The fraction of sp³-hybridized carbons (Fsp3) is 0.417. The van der Waals surface area contributed by atoms with Gasteiger partial charge in [-0.2, -0.15) is 24.6 Å². The average Bonchev–Trinajstić information content (AvgIpc) is 2.22. The molecular formula is C12H21OW-. The third-order valence-corrected chi connectivity index (χ3v) is 1.13. The van der Waals surface area contributed by atoms with E-state index in [1.165, 1.54) is 0 Å². The van der Waals surface area contributed by atoms with Crippen molar-refractivity contribution >= 4 is 0 Å². The van der Waals surface area contributed by atoms with Crippen LogP contribution >= 0.6 is 0 Å². The van der Waals surface area contributed by atoms with Crippen molar-refractivity contribution in [3.8, 4) is 0 Å². The van der Waals surface area contributed by atoms with E-state index in [1.807, 2.05) is 51.1 Å². The van der Waals surface area contributed by atoms with Crippen LogP contribution in [0, 0.1) is 6.92 Å². The zero-order chi connectivity index (χ0) is 10.5. The van der Waals surface area contributed by atoms with E-state index in [4.69, 9.17) is 0 Å². The van der Waals surface area contributed by atoms with Gasteiger partial charge in [0.25, 0.3) is 0 Å². The van der Waals surface area contributed by atoms with Gasteiger partial charge in [-0.25, -0.2) is 0 Å². The smallest absolute Gasteiger partial charge is 0.0433 e. The fourth-order valence-corrected chi connectivity index (χ4v) is 0.478. The van der Waals surface area contributed by atoms with Crippen molar-refractivity contribution in [3.05, 3.63) is 42.8 Å². The number of hydrogen-bond donors (Lipinski definition) is 0. The molecule has 1 aromatic rings. The molecular weight excluding hydrogens is 344 g/mol. The van der Waals surface area contributed by atoms with Crippen molar-refractivity contribution in [2.75, 3.05) is 13.7 Å². The second kappa shape index (κ2) is 18.5. The van der Waals surface area contributed by atoms with Crippen LogP contribution in [0.25, 0.3) is 0 Å². The molecule has 0 bridgehead atoms. The molecule has 0 amide bonds. The Balaban J connectivity index is -0.000000152. The Morgan fingerprint density at radius 3 is 1.64 bits per heavy atom. The second-order valence-corrected chi connectivity index (χ2v) is 2.06. The number of rotatable bonds is 1. The minimum absolute atomic E-state index is 0. The van der Waals surface area contributed by atoms with Crippen LogP contribution in [0.15, 0.2) is 30.3 Å². The maximum Gasteiger partial charge on any atom is 0.0433 e. The van der Waals surface area contributed by atoms with Crippen molar-refractivity contribution in [2.24, 2.45) is 0 Å². The molecule has 1 rings (SSSR count). The van der Waals surface area contributed by atoms with Crippen molar-refractivity contribution in [1.82, 2.24) is 0 Å². The Morgan fingerprint density at radius 1 is 1.14 bits per heavy atom. The first-order valence-corrected chi connectivity index (χ1v) is 4.67. The Bertz CT molecular complexity index is 161. The second-order valence-electron chi connectivity index (χ2n) is 2.06. The first-order chi connectivity index (χ1) is 6.31. The van der Waals surface area contributed by atoms with Gasteiger partial charge in [-0.05, 0) is 6.92 Å². The third-order valence-electron chi connectivity index (χ3n) is 1.13. The summed E-state index contributed by atoms with van der Waals surface area (Å²) in [6, 6.07) is 9.87. The van der Waals surface area contributed by atoms with Crippen molar-refractivity contribution in [2.45, 2.75) is 20.8 Å². The van der Waals surface area contributed by atoms with Gasteiger partial charge in [0.15, 0.2) is 0 Å². The summed E-state index contributed by atoms with van der Waals surface area (Å²) in [7, 11) is 1.68. The standard InChI is InChI=1S/C7H7.C3H8O.C2H6.W/c1-7-5-3-2-4-6-7;1-3-4-2;1-2;/h2-6H,1H2;3H2,1-2H3;1-2H3;/q-1;;;. The average molecular weight is 365 g/mol. The molecule has 0 radical (unpaired) electrons. The van der Waals surface area contributed by atoms with Gasteiger partial charge >= 0.3 is 0 Å². The van der Waals surface area contributed by atoms with E-state index in [2.05, 4.69) is 11.7 Å². The normalized spacial score (nSPS) is 6.86. The maximum absolute atomic E-state index is 4.54. The van der Waals surface area contributed by atoms with Gasteiger partial charge in [-0.15, -0.1) is 12.1 Å². The summed E-state index contributed by atoms with van der Waals surface area (Å²) in [4.78, 5) is 0. The van der Waals surface area contributed by atoms with E-state index in [1.54, 1.807) is 7.11 Å². The van der Waals surface area contributed by atoms with Crippen LogP contribution in [0.1, 0.15) is 26.3 Å².